The molecule has 0 radical (unpaired) electrons. The maximum absolute atomic E-state index is 13.7. The predicted molar refractivity (Wildman–Crippen MR) is 125 cm³/mol. The summed E-state index contributed by atoms with van der Waals surface area (Å²) in [6, 6.07) is 15.4. The molecule has 0 bridgehead atoms. The maximum Gasteiger partial charge on any atom is 0.123 e. The van der Waals surface area contributed by atoms with Crippen LogP contribution < -0.4 is 10.1 Å². The zero-order chi connectivity index (χ0) is 22.4. The Kier molecular flexibility index (Phi) is 8.12. The zero-order valence-corrected chi connectivity index (χ0v) is 19.7. The highest BCUT2D eigenvalue weighted by molar-refractivity contribution is 5.28. The van der Waals surface area contributed by atoms with Crippen LogP contribution in [0.15, 0.2) is 48.5 Å². The summed E-state index contributed by atoms with van der Waals surface area (Å²) in [6.45, 7) is 10.7. The number of hydrogen-bond acceptors (Lipinski definition) is 3. The molecule has 3 rings (SSSR count). The Morgan fingerprint density at radius 1 is 0.968 bits per heavy atom. The minimum Gasteiger partial charge on any atom is -0.497 e. The van der Waals surface area contributed by atoms with Crippen LogP contribution in [0.4, 0.5) is 4.39 Å². The number of benzene rings is 2. The van der Waals surface area contributed by atoms with Gasteiger partial charge in [0.05, 0.1) is 19.3 Å². The van der Waals surface area contributed by atoms with Crippen molar-refractivity contribution < 1.29 is 13.9 Å². The lowest BCUT2D eigenvalue weighted by Crippen LogP contribution is -2.48. The number of halogens is 1. The monoisotopic (exact) mass is 427 g/mol. The first-order valence-electron chi connectivity index (χ1n) is 11.6. The van der Waals surface area contributed by atoms with Crippen LogP contribution in [0.25, 0.3) is 0 Å². The van der Waals surface area contributed by atoms with Crippen LogP contribution in [0.2, 0.25) is 0 Å². The van der Waals surface area contributed by atoms with Gasteiger partial charge in [0, 0.05) is 12.0 Å². The van der Waals surface area contributed by atoms with E-state index in [2.05, 4.69) is 45.1 Å². The third-order valence-corrected chi connectivity index (χ3v) is 6.75. The molecule has 2 aromatic rings. The summed E-state index contributed by atoms with van der Waals surface area (Å²) in [5.74, 6) is 1.60. The van der Waals surface area contributed by atoms with Crippen LogP contribution in [0.3, 0.4) is 0 Å². The molecule has 170 valence electrons. The largest absolute Gasteiger partial charge is 0.497 e. The molecule has 0 aliphatic carbocycles. The molecule has 1 aliphatic rings. The van der Waals surface area contributed by atoms with Crippen molar-refractivity contribution in [3.8, 4) is 5.75 Å². The van der Waals surface area contributed by atoms with Crippen molar-refractivity contribution in [1.29, 1.82) is 0 Å². The topological polar surface area (TPSA) is 30.5 Å². The highest BCUT2D eigenvalue weighted by Crippen LogP contribution is 2.45. The van der Waals surface area contributed by atoms with Gasteiger partial charge in [0.2, 0.25) is 0 Å². The molecule has 1 fully saturated rings. The van der Waals surface area contributed by atoms with Gasteiger partial charge in [-0.25, -0.2) is 4.39 Å². The lowest BCUT2D eigenvalue weighted by Gasteiger charge is -2.48. The first-order chi connectivity index (χ1) is 14.8. The van der Waals surface area contributed by atoms with E-state index >= 15 is 0 Å². The minimum absolute atomic E-state index is 0.0112. The van der Waals surface area contributed by atoms with Gasteiger partial charge in [-0.3, -0.25) is 0 Å². The van der Waals surface area contributed by atoms with E-state index in [1.807, 2.05) is 24.3 Å². The third kappa shape index (κ3) is 6.08. The molecule has 1 aliphatic heterocycles. The van der Waals surface area contributed by atoms with E-state index < -0.39 is 0 Å². The summed E-state index contributed by atoms with van der Waals surface area (Å²) >= 11 is 0. The van der Waals surface area contributed by atoms with E-state index in [9.17, 15) is 4.39 Å². The van der Waals surface area contributed by atoms with Crippen molar-refractivity contribution in [2.75, 3.05) is 13.7 Å². The summed E-state index contributed by atoms with van der Waals surface area (Å²) < 4.78 is 25.4. The highest BCUT2D eigenvalue weighted by atomic mass is 19.1. The maximum atomic E-state index is 13.7. The molecule has 31 heavy (non-hydrogen) atoms. The molecule has 1 N–H and O–H groups in total. The van der Waals surface area contributed by atoms with Gasteiger partial charge in [-0.15, -0.1) is 0 Å². The molecule has 1 heterocycles. The smallest absolute Gasteiger partial charge is 0.123 e. The molecule has 0 spiro atoms. The van der Waals surface area contributed by atoms with Gasteiger partial charge in [-0.1, -0.05) is 52.0 Å². The Bertz CT molecular complexity index is 785. The molecule has 1 saturated heterocycles. The minimum atomic E-state index is -0.176. The van der Waals surface area contributed by atoms with Crippen molar-refractivity contribution in [1.82, 2.24) is 5.32 Å². The third-order valence-electron chi connectivity index (χ3n) is 6.75. The fourth-order valence-corrected chi connectivity index (χ4v) is 4.65. The Morgan fingerprint density at radius 3 is 2.06 bits per heavy atom. The van der Waals surface area contributed by atoms with Gasteiger partial charge in [-0.2, -0.15) is 0 Å². The second kappa shape index (κ2) is 10.6. The second-order valence-electron chi connectivity index (χ2n) is 9.67. The molecule has 0 saturated carbocycles. The average Bonchev–Trinajstić information content (AvgIpc) is 2.77. The van der Waals surface area contributed by atoms with E-state index in [0.29, 0.717) is 11.8 Å². The molecule has 3 atom stereocenters. The van der Waals surface area contributed by atoms with Gasteiger partial charge in [-0.05, 0) is 73.0 Å². The molecular weight excluding hydrogens is 389 g/mol. The van der Waals surface area contributed by atoms with Gasteiger partial charge in [0.1, 0.15) is 11.6 Å². The van der Waals surface area contributed by atoms with Gasteiger partial charge < -0.3 is 14.8 Å². The second-order valence-corrected chi connectivity index (χ2v) is 9.67. The van der Waals surface area contributed by atoms with Crippen molar-refractivity contribution in [2.24, 2.45) is 11.8 Å². The number of rotatable bonds is 9. The van der Waals surface area contributed by atoms with E-state index in [1.165, 1.54) is 11.1 Å². The van der Waals surface area contributed by atoms with Crippen LogP contribution in [0, 0.1) is 17.7 Å². The molecule has 4 heteroatoms. The van der Waals surface area contributed by atoms with Gasteiger partial charge in [0.25, 0.3) is 0 Å². The lowest BCUT2D eigenvalue weighted by molar-refractivity contribution is -0.118. The Hall–Kier alpha value is -1.91. The number of ether oxygens (including phenoxy) is 2. The molecule has 1 unspecified atom stereocenters. The Morgan fingerprint density at radius 2 is 1.55 bits per heavy atom. The predicted octanol–water partition coefficient (Wildman–Crippen LogP) is 6.11. The quantitative estimate of drug-likeness (QED) is 0.490. The van der Waals surface area contributed by atoms with E-state index in [4.69, 9.17) is 9.47 Å². The highest BCUT2D eigenvalue weighted by Gasteiger charge is 2.43. The summed E-state index contributed by atoms with van der Waals surface area (Å²) in [7, 11) is 1.69. The molecule has 0 aromatic heterocycles. The first-order valence-corrected chi connectivity index (χ1v) is 11.6. The van der Waals surface area contributed by atoms with E-state index in [0.717, 1.165) is 38.1 Å². The average molecular weight is 428 g/mol. The van der Waals surface area contributed by atoms with Crippen molar-refractivity contribution in [2.45, 2.75) is 71.1 Å². The summed E-state index contributed by atoms with van der Waals surface area (Å²) in [5.41, 5.74) is 2.46. The van der Waals surface area contributed by atoms with Crippen LogP contribution in [0.5, 0.6) is 5.75 Å². The van der Waals surface area contributed by atoms with Gasteiger partial charge in [0.15, 0.2) is 0 Å². The molecule has 0 amide bonds. The Labute approximate surface area is 187 Å². The van der Waals surface area contributed by atoms with Crippen molar-refractivity contribution in [3.63, 3.8) is 0 Å². The number of hydrogen-bond donors (Lipinski definition) is 1. The van der Waals surface area contributed by atoms with Crippen LogP contribution >= 0.6 is 0 Å². The summed E-state index contributed by atoms with van der Waals surface area (Å²) in [5, 5.41) is 3.62. The van der Waals surface area contributed by atoms with Crippen LogP contribution in [-0.2, 0) is 16.7 Å². The zero-order valence-electron chi connectivity index (χ0n) is 19.7. The SMILES string of the molecule is COc1ccc(CNCCC2(c3ccc(F)cc3)C[C@@H](C(C)C)O[C@@H](C(C)C)C2)cc1. The fourth-order valence-electron chi connectivity index (χ4n) is 4.65. The van der Waals surface area contributed by atoms with Gasteiger partial charge >= 0.3 is 0 Å². The fraction of sp³-hybridized carbons (Fsp3) is 0.556. The normalized spacial score (nSPS) is 24.0. The van der Waals surface area contributed by atoms with Crippen LogP contribution in [0.1, 0.15) is 58.1 Å². The standard InChI is InChI=1S/C27H38FNO2/c1-19(2)25-16-27(17-26(31-25)20(3)4,22-8-10-23(28)11-9-22)14-15-29-18-21-6-12-24(30-5)13-7-21/h6-13,19-20,25-26,29H,14-18H2,1-5H3/t25-,26+,27?. The summed E-state index contributed by atoms with van der Waals surface area (Å²) in [6.07, 6.45) is 3.39. The molecular formula is C27H38FNO2. The summed E-state index contributed by atoms with van der Waals surface area (Å²) in [4.78, 5) is 0. The Balaban J connectivity index is 1.76. The van der Waals surface area contributed by atoms with E-state index in [-0.39, 0.29) is 23.4 Å². The number of methoxy groups -OCH3 is 1. The number of nitrogens with one attached hydrogen (secondary N) is 1. The first kappa shape index (κ1) is 23.7. The molecule has 2 aromatic carbocycles. The van der Waals surface area contributed by atoms with Crippen LogP contribution in [-0.4, -0.2) is 25.9 Å². The van der Waals surface area contributed by atoms with E-state index in [1.54, 1.807) is 19.2 Å². The van der Waals surface area contributed by atoms with Crippen molar-refractivity contribution in [3.05, 3.63) is 65.5 Å². The van der Waals surface area contributed by atoms with Crippen molar-refractivity contribution >= 4 is 0 Å². The lowest BCUT2D eigenvalue weighted by atomic mass is 9.66. The molecule has 3 nitrogen and oxygen atoms in total.